The van der Waals surface area contributed by atoms with E-state index in [4.69, 9.17) is 16.0 Å². The second-order valence-corrected chi connectivity index (χ2v) is 9.43. The van der Waals surface area contributed by atoms with E-state index < -0.39 is 5.25 Å². The maximum Gasteiger partial charge on any atom is 0.240 e. The molecular formula is C25H23ClN4O2S. The number of hydrogen-bond donors (Lipinski definition) is 0. The molecule has 0 aliphatic carbocycles. The van der Waals surface area contributed by atoms with Gasteiger partial charge in [-0.1, -0.05) is 53.7 Å². The molecule has 2 aromatic heterocycles. The summed E-state index contributed by atoms with van der Waals surface area (Å²) in [7, 11) is 0. The minimum atomic E-state index is -0.401. The highest BCUT2D eigenvalue weighted by Crippen LogP contribution is 2.38. The zero-order valence-corrected chi connectivity index (χ0v) is 19.5. The smallest absolute Gasteiger partial charge is 0.240 e. The molecule has 8 heteroatoms. The molecule has 0 radical (unpaired) electrons. The van der Waals surface area contributed by atoms with Gasteiger partial charge in [-0.3, -0.25) is 9.36 Å². The van der Waals surface area contributed by atoms with Crippen LogP contribution in [0.4, 0.5) is 0 Å². The topological polar surface area (TPSA) is 64.2 Å². The summed E-state index contributed by atoms with van der Waals surface area (Å²) in [5.74, 6) is 1.60. The van der Waals surface area contributed by atoms with Crippen LogP contribution in [-0.4, -0.2) is 38.7 Å². The average molecular weight is 479 g/mol. The lowest BCUT2D eigenvalue weighted by Crippen LogP contribution is -2.31. The highest BCUT2D eigenvalue weighted by molar-refractivity contribution is 8.00. The fourth-order valence-electron chi connectivity index (χ4n) is 3.99. The zero-order chi connectivity index (χ0) is 22.6. The Bertz CT molecular complexity index is 1200. The molecule has 0 N–H and O–H groups in total. The Hall–Kier alpha value is -3.03. The first-order chi connectivity index (χ1) is 16.2. The summed E-state index contributed by atoms with van der Waals surface area (Å²) in [6.45, 7) is 2.06. The van der Waals surface area contributed by atoms with Gasteiger partial charge in [0.25, 0.3) is 0 Å². The van der Waals surface area contributed by atoms with Gasteiger partial charge in [-0.25, -0.2) is 0 Å². The number of aromatic nitrogens is 3. The maximum atomic E-state index is 13.5. The van der Waals surface area contributed by atoms with Crippen molar-refractivity contribution in [3.63, 3.8) is 0 Å². The Balaban J connectivity index is 1.53. The van der Waals surface area contributed by atoms with Crippen LogP contribution >= 0.6 is 23.4 Å². The second-order valence-electron chi connectivity index (χ2n) is 7.92. The standard InChI is InChI=1S/C25H23ClN4O2S/c26-20-12-10-19(11-13-20)23-27-28-25(30(23)17-21-9-6-16-32-21)33-22(18-7-2-1-3-8-18)24(31)29-14-4-5-15-29/h1-3,6-13,16,22H,4-5,14-15,17H2/t22-/m0/s1. The van der Waals surface area contributed by atoms with Gasteiger partial charge in [0.05, 0.1) is 12.8 Å². The van der Waals surface area contributed by atoms with Gasteiger partial charge in [-0.15, -0.1) is 10.2 Å². The van der Waals surface area contributed by atoms with Gasteiger partial charge in [0.15, 0.2) is 11.0 Å². The summed E-state index contributed by atoms with van der Waals surface area (Å²) < 4.78 is 7.61. The van der Waals surface area contributed by atoms with Gasteiger partial charge in [0, 0.05) is 23.7 Å². The van der Waals surface area contributed by atoms with Crippen molar-refractivity contribution in [2.24, 2.45) is 0 Å². The number of benzene rings is 2. The van der Waals surface area contributed by atoms with E-state index >= 15 is 0 Å². The highest BCUT2D eigenvalue weighted by atomic mass is 35.5. The van der Waals surface area contributed by atoms with Crippen molar-refractivity contribution >= 4 is 29.3 Å². The number of rotatable bonds is 7. The fraction of sp³-hybridized carbons (Fsp3) is 0.240. The van der Waals surface area contributed by atoms with Crippen LogP contribution < -0.4 is 0 Å². The van der Waals surface area contributed by atoms with E-state index in [0.717, 1.165) is 42.8 Å². The molecule has 0 bridgehead atoms. The molecule has 168 valence electrons. The Morgan fingerprint density at radius 3 is 2.45 bits per heavy atom. The molecule has 0 saturated carbocycles. The van der Waals surface area contributed by atoms with E-state index in [0.29, 0.717) is 22.5 Å². The largest absolute Gasteiger partial charge is 0.467 e. The Morgan fingerprint density at radius 2 is 1.76 bits per heavy atom. The number of amides is 1. The van der Waals surface area contributed by atoms with Gasteiger partial charge in [0.1, 0.15) is 11.0 Å². The first kappa shape index (κ1) is 21.8. The molecule has 6 nitrogen and oxygen atoms in total. The summed E-state index contributed by atoms with van der Waals surface area (Å²) >= 11 is 7.52. The van der Waals surface area contributed by atoms with Crippen molar-refractivity contribution in [3.05, 3.63) is 89.3 Å². The van der Waals surface area contributed by atoms with Crippen molar-refractivity contribution in [2.45, 2.75) is 29.8 Å². The summed E-state index contributed by atoms with van der Waals surface area (Å²) in [4.78, 5) is 15.5. The SMILES string of the molecule is O=C([C@@H](Sc1nnc(-c2ccc(Cl)cc2)n1Cc1ccco1)c1ccccc1)N1CCCC1. The number of halogens is 1. The molecule has 1 saturated heterocycles. The minimum absolute atomic E-state index is 0.115. The number of furan rings is 1. The van der Waals surface area contributed by atoms with Crippen molar-refractivity contribution < 1.29 is 9.21 Å². The van der Waals surface area contributed by atoms with E-state index in [2.05, 4.69) is 10.2 Å². The summed E-state index contributed by atoms with van der Waals surface area (Å²) in [6.07, 6.45) is 3.75. The zero-order valence-electron chi connectivity index (χ0n) is 17.9. The lowest BCUT2D eigenvalue weighted by Gasteiger charge is -2.23. The third-order valence-corrected chi connectivity index (χ3v) is 7.16. The number of thioether (sulfide) groups is 1. The van der Waals surface area contributed by atoms with E-state index in [1.54, 1.807) is 6.26 Å². The molecule has 1 aliphatic heterocycles. The summed E-state index contributed by atoms with van der Waals surface area (Å²) in [6, 6.07) is 21.2. The molecule has 33 heavy (non-hydrogen) atoms. The van der Waals surface area contributed by atoms with Crippen LogP contribution in [0.15, 0.2) is 82.6 Å². The summed E-state index contributed by atoms with van der Waals surface area (Å²) in [5, 5.41) is 9.90. The van der Waals surface area contributed by atoms with Crippen LogP contribution in [0.5, 0.6) is 0 Å². The molecule has 5 rings (SSSR count). The molecule has 1 amide bonds. The van der Waals surface area contributed by atoms with Gasteiger partial charge < -0.3 is 9.32 Å². The fourth-order valence-corrected chi connectivity index (χ4v) is 5.23. The van der Waals surface area contributed by atoms with Gasteiger partial charge in [-0.05, 0) is 54.8 Å². The monoisotopic (exact) mass is 478 g/mol. The first-order valence-electron chi connectivity index (χ1n) is 10.9. The lowest BCUT2D eigenvalue weighted by molar-refractivity contribution is -0.129. The van der Waals surface area contributed by atoms with E-state index in [1.165, 1.54) is 11.8 Å². The number of nitrogens with zero attached hydrogens (tertiary/aromatic N) is 4. The van der Waals surface area contributed by atoms with Crippen LogP contribution in [0.1, 0.15) is 29.4 Å². The predicted molar refractivity (Wildman–Crippen MR) is 129 cm³/mol. The average Bonchev–Trinajstić information content (AvgIpc) is 3.62. The number of carbonyl (C=O) groups excluding carboxylic acids is 1. The molecule has 1 fully saturated rings. The molecule has 2 aromatic carbocycles. The predicted octanol–water partition coefficient (Wildman–Crippen LogP) is 5.70. The number of likely N-dealkylation sites (tertiary alicyclic amines) is 1. The molecule has 1 aliphatic rings. The van der Waals surface area contributed by atoms with Crippen LogP contribution in [0.2, 0.25) is 5.02 Å². The molecule has 1 atom stereocenters. The molecule has 4 aromatic rings. The number of hydrogen-bond acceptors (Lipinski definition) is 5. The van der Waals surface area contributed by atoms with Crippen LogP contribution in [0.3, 0.4) is 0 Å². The minimum Gasteiger partial charge on any atom is -0.467 e. The molecule has 3 heterocycles. The van der Waals surface area contributed by atoms with Gasteiger partial charge >= 0.3 is 0 Å². The highest BCUT2D eigenvalue weighted by Gasteiger charge is 2.31. The van der Waals surface area contributed by atoms with E-state index in [-0.39, 0.29) is 5.91 Å². The van der Waals surface area contributed by atoms with Crippen molar-refractivity contribution in [1.29, 1.82) is 0 Å². The molecule has 0 unspecified atom stereocenters. The Labute approximate surface area is 201 Å². The molecular weight excluding hydrogens is 456 g/mol. The van der Waals surface area contributed by atoms with Crippen LogP contribution in [0, 0.1) is 0 Å². The maximum absolute atomic E-state index is 13.5. The normalized spacial score (nSPS) is 14.5. The van der Waals surface area contributed by atoms with Gasteiger partial charge in [0.2, 0.25) is 5.91 Å². The van der Waals surface area contributed by atoms with E-state index in [1.807, 2.05) is 76.2 Å². The Kier molecular flexibility index (Phi) is 6.51. The van der Waals surface area contributed by atoms with Gasteiger partial charge in [-0.2, -0.15) is 0 Å². The number of carbonyl (C=O) groups is 1. The van der Waals surface area contributed by atoms with Crippen molar-refractivity contribution in [1.82, 2.24) is 19.7 Å². The van der Waals surface area contributed by atoms with Crippen LogP contribution in [-0.2, 0) is 11.3 Å². The summed E-state index contributed by atoms with van der Waals surface area (Å²) in [5.41, 5.74) is 1.85. The lowest BCUT2D eigenvalue weighted by atomic mass is 10.1. The quantitative estimate of drug-likeness (QED) is 0.319. The second kappa shape index (κ2) is 9.85. The van der Waals surface area contributed by atoms with E-state index in [9.17, 15) is 4.79 Å². The Morgan fingerprint density at radius 1 is 1.00 bits per heavy atom. The third kappa shape index (κ3) is 4.84. The molecule has 0 spiro atoms. The third-order valence-electron chi connectivity index (χ3n) is 5.68. The van der Waals surface area contributed by atoms with Crippen molar-refractivity contribution in [3.8, 4) is 11.4 Å². The first-order valence-corrected chi connectivity index (χ1v) is 12.2. The van der Waals surface area contributed by atoms with Crippen LogP contribution in [0.25, 0.3) is 11.4 Å². The van der Waals surface area contributed by atoms with Crippen molar-refractivity contribution in [2.75, 3.05) is 13.1 Å².